The van der Waals surface area contributed by atoms with Crippen molar-refractivity contribution < 1.29 is 5.48 Å². The van der Waals surface area contributed by atoms with Crippen LogP contribution in [0.2, 0.25) is 0 Å². The zero-order valence-corrected chi connectivity index (χ0v) is 12.5. The van der Waals surface area contributed by atoms with Crippen LogP contribution in [0, 0.1) is 0 Å². The van der Waals surface area contributed by atoms with Crippen molar-refractivity contribution in [1.29, 1.82) is 0 Å². The Morgan fingerprint density at radius 1 is 0.435 bits per heavy atom. The maximum absolute atomic E-state index is 4.86. The molecular weight excluding hydrogens is 284 g/mol. The molecule has 0 radical (unpaired) electrons. The van der Waals surface area contributed by atoms with E-state index in [4.69, 9.17) is 9.97 Å². The summed E-state index contributed by atoms with van der Waals surface area (Å²) in [4.78, 5) is 9.72. The third-order valence-corrected chi connectivity index (χ3v) is 3.66. The molecule has 23 heavy (non-hydrogen) atoms. The number of nitrogens with zero attached hydrogens (tertiary/aromatic N) is 2. The summed E-state index contributed by atoms with van der Waals surface area (Å²) in [5.74, 6) is 0. The fourth-order valence-corrected chi connectivity index (χ4v) is 2.59. The summed E-state index contributed by atoms with van der Waals surface area (Å²) in [5, 5.41) is 0. The van der Waals surface area contributed by atoms with Gasteiger partial charge in [-0.25, -0.2) is 9.97 Å². The van der Waals surface area contributed by atoms with Crippen molar-refractivity contribution in [3.63, 3.8) is 0 Å². The number of hydrogen-bond acceptors (Lipinski definition) is 2. The fourth-order valence-electron chi connectivity index (χ4n) is 2.59. The van der Waals surface area contributed by atoms with Crippen LogP contribution in [-0.2, 0) is 0 Å². The van der Waals surface area contributed by atoms with Gasteiger partial charge in [0.15, 0.2) is 0 Å². The second-order valence-corrected chi connectivity index (χ2v) is 5.14. The highest BCUT2D eigenvalue weighted by Gasteiger charge is 2.12. The molecule has 0 saturated carbocycles. The van der Waals surface area contributed by atoms with Gasteiger partial charge in [0.2, 0.25) is 0 Å². The minimum absolute atomic E-state index is 0. The molecule has 0 spiro atoms. The summed E-state index contributed by atoms with van der Waals surface area (Å²) in [6.45, 7) is 0. The van der Waals surface area contributed by atoms with Gasteiger partial charge in [0, 0.05) is 11.1 Å². The predicted octanol–water partition coefficient (Wildman–Crippen LogP) is 4.14. The molecule has 3 aromatic carbocycles. The molecule has 2 N–H and O–H groups in total. The van der Waals surface area contributed by atoms with Crippen molar-refractivity contribution in [2.45, 2.75) is 0 Å². The van der Waals surface area contributed by atoms with Crippen LogP contribution in [0.3, 0.4) is 0 Å². The first-order valence-electron chi connectivity index (χ1n) is 7.29. The van der Waals surface area contributed by atoms with Crippen molar-refractivity contribution in [3.8, 4) is 22.5 Å². The van der Waals surface area contributed by atoms with Gasteiger partial charge in [0.25, 0.3) is 0 Å². The fraction of sp³-hybridized carbons (Fsp3) is 0. The Morgan fingerprint density at radius 3 is 1.17 bits per heavy atom. The molecule has 0 atom stereocenters. The third kappa shape index (κ3) is 2.82. The van der Waals surface area contributed by atoms with E-state index in [9.17, 15) is 0 Å². The number of para-hydroxylation sites is 2. The van der Waals surface area contributed by atoms with Gasteiger partial charge < -0.3 is 5.48 Å². The second kappa shape index (κ2) is 6.38. The van der Waals surface area contributed by atoms with Crippen molar-refractivity contribution in [1.82, 2.24) is 9.97 Å². The maximum atomic E-state index is 4.86. The van der Waals surface area contributed by atoms with E-state index in [0.717, 1.165) is 33.5 Å². The van der Waals surface area contributed by atoms with Crippen LogP contribution >= 0.6 is 0 Å². The normalized spacial score (nSPS) is 10.3. The molecule has 3 heteroatoms. The van der Waals surface area contributed by atoms with E-state index in [1.165, 1.54) is 0 Å². The quantitative estimate of drug-likeness (QED) is 0.558. The van der Waals surface area contributed by atoms with E-state index in [0.29, 0.717) is 0 Å². The summed E-state index contributed by atoms with van der Waals surface area (Å²) in [6.07, 6.45) is 0. The molecule has 4 rings (SSSR count). The highest BCUT2D eigenvalue weighted by atomic mass is 16.0. The van der Waals surface area contributed by atoms with Crippen LogP contribution in [0.1, 0.15) is 0 Å². The molecule has 3 nitrogen and oxygen atoms in total. The van der Waals surface area contributed by atoms with Gasteiger partial charge in [-0.2, -0.15) is 0 Å². The van der Waals surface area contributed by atoms with Crippen molar-refractivity contribution >= 4 is 11.0 Å². The minimum Gasteiger partial charge on any atom is -0.412 e. The van der Waals surface area contributed by atoms with E-state index in [2.05, 4.69) is 24.3 Å². The predicted molar refractivity (Wildman–Crippen MR) is 94.0 cm³/mol. The lowest BCUT2D eigenvalue weighted by Crippen LogP contribution is -1.95. The highest BCUT2D eigenvalue weighted by Crippen LogP contribution is 2.30. The molecule has 0 saturated heterocycles. The molecule has 0 unspecified atom stereocenters. The van der Waals surface area contributed by atoms with Crippen molar-refractivity contribution in [3.05, 3.63) is 84.9 Å². The molecule has 1 heterocycles. The molecule has 0 amide bonds. The Labute approximate surface area is 134 Å². The Morgan fingerprint density at radius 2 is 0.783 bits per heavy atom. The Bertz CT molecular complexity index is 844. The first kappa shape index (κ1) is 14.9. The standard InChI is InChI=1S/C20H14N2.H2O/c1-3-9-15(10-4-1)19-20(16-11-5-2-6-12-16)22-18-14-8-7-13-17(18)21-19;/h1-14H;1H2. The Balaban J connectivity index is 0.00000156. The molecule has 1 aromatic heterocycles. The van der Waals surface area contributed by atoms with E-state index in [1.54, 1.807) is 0 Å². The van der Waals surface area contributed by atoms with Crippen molar-refractivity contribution in [2.75, 3.05) is 0 Å². The maximum Gasteiger partial charge on any atom is 0.0973 e. The van der Waals surface area contributed by atoms with Gasteiger partial charge in [0.05, 0.1) is 22.4 Å². The highest BCUT2D eigenvalue weighted by molar-refractivity contribution is 5.86. The molecule has 0 bridgehead atoms. The summed E-state index contributed by atoms with van der Waals surface area (Å²) in [5.41, 5.74) is 5.84. The van der Waals surface area contributed by atoms with Gasteiger partial charge in [-0.1, -0.05) is 72.8 Å². The molecule has 0 aliphatic heterocycles. The number of hydrogen-bond donors (Lipinski definition) is 0. The van der Waals surface area contributed by atoms with Gasteiger partial charge in [-0.05, 0) is 12.1 Å². The minimum atomic E-state index is 0. The lowest BCUT2D eigenvalue weighted by atomic mass is 10.0. The van der Waals surface area contributed by atoms with E-state index < -0.39 is 0 Å². The largest absolute Gasteiger partial charge is 0.412 e. The van der Waals surface area contributed by atoms with Crippen LogP contribution in [-0.4, -0.2) is 15.4 Å². The monoisotopic (exact) mass is 300 g/mol. The summed E-state index contributed by atoms with van der Waals surface area (Å²) >= 11 is 0. The molecule has 112 valence electrons. The molecule has 0 aliphatic rings. The second-order valence-electron chi connectivity index (χ2n) is 5.14. The number of benzene rings is 3. The van der Waals surface area contributed by atoms with Gasteiger partial charge >= 0.3 is 0 Å². The topological polar surface area (TPSA) is 57.3 Å². The zero-order chi connectivity index (χ0) is 14.8. The van der Waals surface area contributed by atoms with Crippen LogP contribution in [0.5, 0.6) is 0 Å². The summed E-state index contributed by atoms with van der Waals surface area (Å²) in [7, 11) is 0. The van der Waals surface area contributed by atoms with Crippen LogP contribution in [0.15, 0.2) is 84.9 Å². The third-order valence-electron chi connectivity index (χ3n) is 3.66. The van der Waals surface area contributed by atoms with E-state index >= 15 is 0 Å². The molecule has 4 aromatic rings. The smallest absolute Gasteiger partial charge is 0.0973 e. The van der Waals surface area contributed by atoms with Crippen LogP contribution in [0.4, 0.5) is 0 Å². The number of aromatic nitrogens is 2. The lowest BCUT2D eigenvalue weighted by Gasteiger charge is -2.10. The van der Waals surface area contributed by atoms with Gasteiger partial charge in [-0.3, -0.25) is 0 Å². The van der Waals surface area contributed by atoms with Crippen molar-refractivity contribution in [2.24, 2.45) is 0 Å². The number of fused-ring (bicyclic) bond motifs is 1. The molecule has 0 fully saturated rings. The first-order valence-corrected chi connectivity index (χ1v) is 7.29. The number of rotatable bonds is 2. The Kier molecular flexibility index (Phi) is 4.13. The SMILES string of the molecule is O.c1ccc(-c2nc3ccccc3nc2-c2ccccc2)cc1. The Hall–Kier alpha value is -3.04. The summed E-state index contributed by atoms with van der Waals surface area (Å²) in [6, 6.07) is 28.4. The molecule has 0 aliphatic carbocycles. The van der Waals surface area contributed by atoms with Gasteiger partial charge in [0.1, 0.15) is 0 Å². The average Bonchev–Trinajstić information content (AvgIpc) is 2.62. The summed E-state index contributed by atoms with van der Waals surface area (Å²) < 4.78 is 0. The molecular formula is C20H16N2O. The first-order chi connectivity index (χ1) is 10.9. The van der Waals surface area contributed by atoms with E-state index in [-0.39, 0.29) is 5.48 Å². The van der Waals surface area contributed by atoms with Gasteiger partial charge in [-0.15, -0.1) is 0 Å². The van der Waals surface area contributed by atoms with E-state index in [1.807, 2.05) is 60.7 Å². The lowest BCUT2D eigenvalue weighted by molar-refractivity contribution is 0.824. The average molecular weight is 300 g/mol. The van der Waals surface area contributed by atoms with Crippen LogP contribution in [0.25, 0.3) is 33.5 Å². The van der Waals surface area contributed by atoms with Crippen LogP contribution < -0.4 is 0 Å². The zero-order valence-electron chi connectivity index (χ0n) is 12.5.